The van der Waals surface area contributed by atoms with Crippen molar-refractivity contribution in [1.29, 1.82) is 0 Å². The maximum atomic E-state index is 11.0. The van der Waals surface area contributed by atoms with Crippen LogP contribution in [-0.2, 0) is 16.4 Å². The van der Waals surface area contributed by atoms with Gasteiger partial charge in [0.1, 0.15) is 0 Å². The van der Waals surface area contributed by atoms with Gasteiger partial charge < -0.3 is 4.52 Å². The standard InChI is InChI=1S/C10H18N4O3S/c1-2-9-12-10(13-17-9)8-4-3-5-14(8)6-7-18(11,15)16/h8H,2-7H2,1H3,(H2,11,15,16)/t8-/m0/s1. The van der Waals surface area contributed by atoms with Crippen molar-refractivity contribution in [3.05, 3.63) is 11.7 Å². The molecule has 2 rings (SSSR count). The number of likely N-dealkylation sites (tertiary alicyclic amines) is 1. The van der Waals surface area contributed by atoms with Crippen LogP contribution in [0, 0.1) is 0 Å². The normalized spacial score (nSPS) is 21.6. The number of aromatic nitrogens is 2. The summed E-state index contributed by atoms with van der Waals surface area (Å²) in [5, 5.41) is 8.97. The molecule has 1 aromatic heterocycles. The van der Waals surface area contributed by atoms with Crippen molar-refractivity contribution < 1.29 is 12.9 Å². The Morgan fingerprint density at radius 2 is 2.33 bits per heavy atom. The number of hydrogen-bond acceptors (Lipinski definition) is 6. The topological polar surface area (TPSA) is 102 Å². The van der Waals surface area contributed by atoms with E-state index < -0.39 is 10.0 Å². The van der Waals surface area contributed by atoms with Gasteiger partial charge in [-0.1, -0.05) is 12.1 Å². The number of primary sulfonamides is 1. The van der Waals surface area contributed by atoms with Crippen LogP contribution in [0.2, 0.25) is 0 Å². The predicted octanol–water partition coefficient (Wildman–Crippen LogP) is 0.0574. The van der Waals surface area contributed by atoms with Crippen LogP contribution < -0.4 is 5.14 Å². The van der Waals surface area contributed by atoms with Gasteiger partial charge in [-0.15, -0.1) is 0 Å². The van der Waals surface area contributed by atoms with Gasteiger partial charge in [0, 0.05) is 13.0 Å². The van der Waals surface area contributed by atoms with Crippen LogP contribution in [0.15, 0.2) is 4.52 Å². The molecule has 0 aliphatic carbocycles. The molecule has 1 saturated heterocycles. The van der Waals surface area contributed by atoms with Gasteiger partial charge >= 0.3 is 0 Å². The van der Waals surface area contributed by atoms with Crippen molar-refractivity contribution in [2.24, 2.45) is 5.14 Å². The lowest BCUT2D eigenvalue weighted by Crippen LogP contribution is -2.31. The number of hydrogen-bond donors (Lipinski definition) is 1. The zero-order chi connectivity index (χ0) is 13.2. The first-order valence-electron chi connectivity index (χ1n) is 6.06. The summed E-state index contributed by atoms with van der Waals surface area (Å²) in [6, 6.07) is 0.0517. The van der Waals surface area contributed by atoms with Gasteiger partial charge in [-0.3, -0.25) is 4.90 Å². The Morgan fingerprint density at radius 1 is 1.56 bits per heavy atom. The smallest absolute Gasteiger partial charge is 0.226 e. The van der Waals surface area contributed by atoms with Gasteiger partial charge in [0.05, 0.1) is 11.8 Å². The molecule has 0 bridgehead atoms. The molecule has 0 radical (unpaired) electrons. The summed E-state index contributed by atoms with van der Waals surface area (Å²) in [5.74, 6) is 1.23. The van der Waals surface area contributed by atoms with Crippen LogP contribution in [0.3, 0.4) is 0 Å². The second kappa shape index (κ2) is 5.33. The average Bonchev–Trinajstić information content (AvgIpc) is 2.93. The molecule has 2 heterocycles. The van der Waals surface area contributed by atoms with Crippen molar-refractivity contribution in [2.75, 3.05) is 18.8 Å². The van der Waals surface area contributed by atoms with Crippen molar-refractivity contribution >= 4 is 10.0 Å². The van der Waals surface area contributed by atoms with Crippen LogP contribution in [0.1, 0.15) is 37.5 Å². The molecule has 0 unspecified atom stereocenters. The zero-order valence-corrected chi connectivity index (χ0v) is 11.2. The molecule has 102 valence electrons. The summed E-state index contributed by atoms with van der Waals surface area (Å²) < 4.78 is 27.1. The van der Waals surface area contributed by atoms with Crippen molar-refractivity contribution in [1.82, 2.24) is 15.0 Å². The highest BCUT2D eigenvalue weighted by atomic mass is 32.2. The first-order chi connectivity index (χ1) is 8.49. The summed E-state index contributed by atoms with van der Waals surface area (Å²) in [6.07, 6.45) is 2.63. The molecule has 8 heteroatoms. The molecule has 2 N–H and O–H groups in total. The summed E-state index contributed by atoms with van der Waals surface area (Å²) in [7, 11) is -3.42. The number of sulfonamides is 1. The molecule has 7 nitrogen and oxygen atoms in total. The Balaban J connectivity index is 2.03. The Kier molecular flexibility index (Phi) is 3.98. The van der Waals surface area contributed by atoms with E-state index in [9.17, 15) is 8.42 Å². The maximum Gasteiger partial charge on any atom is 0.226 e. The fourth-order valence-corrected chi connectivity index (χ4v) is 2.67. The number of nitrogens with two attached hydrogens (primary N) is 1. The summed E-state index contributed by atoms with van der Waals surface area (Å²) >= 11 is 0. The van der Waals surface area contributed by atoms with Gasteiger partial charge in [-0.2, -0.15) is 4.98 Å². The Bertz CT molecular complexity index is 499. The van der Waals surface area contributed by atoms with Gasteiger partial charge in [-0.25, -0.2) is 13.6 Å². The highest BCUT2D eigenvalue weighted by Crippen LogP contribution is 2.29. The minimum absolute atomic E-state index is 0.0397. The second-order valence-corrected chi connectivity index (χ2v) is 6.19. The first-order valence-corrected chi connectivity index (χ1v) is 7.78. The van der Waals surface area contributed by atoms with Crippen LogP contribution >= 0.6 is 0 Å². The second-order valence-electron chi connectivity index (χ2n) is 4.46. The molecule has 0 amide bonds. The van der Waals surface area contributed by atoms with E-state index in [0.29, 0.717) is 24.7 Å². The lowest BCUT2D eigenvalue weighted by Gasteiger charge is -2.20. The highest BCUT2D eigenvalue weighted by Gasteiger charge is 2.30. The summed E-state index contributed by atoms with van der Waals surface area (Å²) in [6.45, 7) is 3.21. The average molecular weight is 274 g/mol. The summed E-state index contributed by atoms with van der Waals surface area (Å²) in [5.41, 5.74) is 0. The third-order valence-corrected chi connectivity index (χ3v) is 3.86. The minimum Gasteiger partial charge on any atom is -0.339 e. The third kappa shape index (κ3) is 3.27. The maximum absolute atomic E-state index is 11.0. The van der Waals surface area contributed by atoms with E-state index in [-0.39, 0.29) is 11.8 Å². The molecule has 1 atom stereocenters. The van der Waals surface area contributed by atoms with E-state index in [1.807, 2.05) is 6.92 Å². The van der Waals surface area contributed by atoms with Gasteiger partial charge in [0.2, 0.25) is 15.9 Å². The summed E-state index contributed by atoms with van der Waals surface area (Å²) in [4.78, 5) is 6.36. The minimum atomic E-state index is -3.42. The van der Waals surface area contributed by atoms with E-state index in [0.717, 1.165) is 19.4 Å². The van der Waals surface area contributed by atoms with Crippen molar-refractivity contribution in [3.63, 3.8) is 0 Å². The molecular formula is C10H18N4O3S. The van der Waals surface area contributed by atoms with E-state index >= 15 is 0 Å². The zero-order valence-electron chi connectivity index (χ0n) is 10.4. The molecule has 18 heavy (non-hydrogen) atoms. The van der Waals surface area contributed by atoms with Gasteiger partial charge in [-0.05, 0) is 19.4 Å². The SMILES string of the molecule is CCc1nc([C@@H]2CCCN2CCS(N)(=O)=O)no1. The number of aryl methyl sites for hydroxylation is 1. The lowest BCUT2D eigenvalue weighted by molar-refractivity contribution is 0.255. The van der Waals surface area contributed by atoms with E-state index in [1.165, 1.54) is 0 Å². The van der Waals surface area contributed by atoms with Crippen molar-refractivity contribution in [3.8, 4) is 0 Å². The fraction of sp³-hybridized carbons (Fsp3) is 0.800. The Morgan fingerprint density at radius 3 is 2.94 bits per heavy atom. The van der Waals surface area contributed by atoms with Gasteiger partial charge in [0.25, 0.3) is 0 Å². The molecule has 1 aliphatic heterocycles. The van der Waals surface area contributed by atoms with E-state index in [4.69, 9.17) is 9.66 Å². The van der Waals surface area contributed by atoms with E-state index in [2.05, 4.69) is 15.0 Å². The predicted molar refractivity (Wildman–Crippen MR) is 65.2 cm³/mol. The van der Waals surface area contributed by atoms with Crippen LogP contribution in [0.5, 0.6) is 0 Å². The first kappa shape index (κ1) is 13.4. The highest BCUT2D eigenvalue weighted by molar-refractivity contribution is 7.89. The molecular weight excluding hydrogens is 256 g/mol. The fourth-order valence-electron chi connectivity index (χ4n) is 2.18. The Labute approximate surface area is 106 Å². The number of rotatable bonds is 5. The molecule has 0 aromatic carbocycles. The van der Waals surface area contributed by atoms with Crippen molar-refractivity contribution in [2.45, 2.75) is 32.2 Å². The van der Waals surface area contributed by atoms with E-state index in [1.54, 1.807) is 0 Å². The molecule has 1 fully saturated rings. The molecule has 1 aromatic rings. The monoisotopic (exact) mass is 274 g/mol. The molecule has 0 saturated carbocycles. The van der Waals surface area contributed by atoms with Crippen LogP contribution in [-0.4, -0.2) is 42.3 Å². The molecule has 1 aliphatic rings. The lowest BCUT2D eigenvalue weighted by atomic mass is 10.2. The quantitative estimate of drug-likeness (QED) is 0.814. The van der Waals surface area contributed by atoms with Crippen LogP contribution in [0.4, 0.5) is 0 Å². The number of nitrogens with zero attached hydrogens (tertiary/aromatic N) is 3. The third-order valence-electron chi connectivity index (χ3n) is 3.11. The molecule has 0 spiro atoms. The van der Waals surface area contributed by atoms with Crippen LogP contribution in [0.25, 0.3) is 0 Å². The Hall–Kier alpha value is -0.990. The van der Waals surface area contributed by atoms with Gasteiger partial charge in [0.15, 0.2) is 5.82 Å². The largest absolute Gasteiger partial charge is 0.339 e.